The molecule has 10 rings (SSSR count). The predicted molar refractivity (Wildman–Crippen MR) is 272 cm³/mol. The van der Waals surface area contributed by atoms with E-state index < -0.39 is 5.97 Å². The zero-order chi connectivity index (χ0) is 47.7. The fourth-order valence-corrected chi connectivity index (χ4v) is 14.7. The Kier molecular flexibility index (Phi) is 14.1. The standard InChI is InChI=1S/C54H73N9O4S/c1-37(64)19-14-12-10-8-7-9-11-13-17-25-61(6)27-28-67-54-33-51(4)30-52(5,34-54)32-53(31-51,35-54)36-63-39(3)42(29-55-63)41-23-24-45(57-46(41)49(65)66)62-26-18-20-40-38(2)47(59-60-48(40)62)58-50-56-43-21-15-16-22-44(43)68-50/h15-16,21-24,29H,7-14,17-20,25-28,30-36H2,1-6H3,(H,65,66)(H,56,58,59). The number of likely N-dealkylation sites (N-methyl/N-ethyl adjacent to an activating group) is 1. The lowest BCUT2D eigenvalue weighted by atomic mass is 9.39. The number of para-hydroxylation sites is 1. The van der Waals surface area contributed by atoms with Crippen LogP contribution in [0.2, 0.25) is 0 Å². The van der Waals surface area contributed by atoms with E-state index in [1.165, 1.54) is 57.8 Å². The Morgan fingerprint density at radius 2 is 1.57 bits per heavy atom. The molecule has 5 heterocycles. The average molecular weight is 944 g/mol. The molecule has 4 fully saturated rings. The Morgan fingerprint density at radius 1 is 0.853 bits per heavy atom. The lowest BCUT2D eigenvalue weighted by Gasteiger charge is -2.69. The number of unbranched alkanes of at least 4 members (excludes halogenated alkanes) is 8. The highest BCUT2D eigenvalue weighted by atomic mass is 32.1. The summed E-state index contributed by atoms with van der Waals surface area (Å²) in [6.45, 7) is 15.1. The summed E-state index contributed by atoms with van der Waals surface area (Å²) in [5.74, 6) is 1.16. The number of ketones is 1. The second-order valence-electron chi connectivity index (χ2n) is 22.2. The highest BCUT2D eigenvalue weighted by Crippen LogP contribution is 2.72. The molecule has 5 aliphatic rings. The molecule has 4 saturated carbocycles. The summed E-state index contributed by atoms with van der Waals surface area (Å²) in [6, 6.07) is 11.9. The Morgan fingerprint density at radius 3 is 2.29 bits per heavy atom. The Hall–Kier alpha value is -4.79. The van der Waals surface area contributed by atoms with Gasteiger partial charge in [0.2, 0.25) is 0 Å². The summed E-state index contributed by atoms with van der Waals surface area (Å²) >= 11 is 1.58. The average Bonchev–Trinajstić information content (AvgIpc) is 3.86. The first-order chi connectivity index (χ1) is 32.6. The maximum Gasteiger partial charge on any atom is 0.355 e. The van der Waals surface area contributed by atoms with Gasteiger partial charge >= 0.3 is 5.97 Å². The molecule has 0 amide bonds. The van der Waals surface area contributed by atoms with Gasteiger partial charge in [0.25, 0.3) is 0 Å². The molecule has 68 heavy (non-hydrogen) atoms. The van der Waals surface area contributed by atoms with E-state index in [-0.39, 0.29) is 27.5 Å². The number of benzene rings is 1. The number of fused-ring (bicyclic) bond motifs is 2. The van der Waals surface area contributed by atoms with Gasteiger partial charge in [-0.3, -0.25) is 4.68 Å². The number of anilines is 4. The number of pyridine rings is 1. The van der Waals surface area contributed by atoms with Gasteiger partial charge in [0.05, 0.1) is 28.6 Å². The highest BCUT2D eigenvalue weighted by Gasteiger charge is 2.66. The molecular formula is C54H73N9O4S. The van der Waals surface area contributed by atoms with Crippen LogP contribution in [-0.2, 0) is 22.5 Å². The molecule has 2 atom stereocenters. The molecule has 0 spiro atoms. The third-order valence-electron chi connectivity index (χ3n) is 15.7. The first kappa shape index (κ1) is 48.2. The summed E-state index contributed by atoms with van der Waals surface area (Å²) in [5.41, 5.74) is 5.71. The number of carboxylic acids is 1. The minimum Gasteiger partial charge on any atom is -0.476 e. The van der Waals surface area contributed by atoms with Crippen LogP contribution < -0.4 is 10.2 Å². The first-order valence-corrected chi connectivity index (χ1v) is 26.3. The van der Waals surface area contributed by atoms with Crippen LogP contribution >= 0.6 is 11.3 Å². The molecule has 13 nitrogen and oxygen atoms in total. The third kappa shape index (κ3) is 10.5. The monoisotopic (exact) mass is 944 g/mol. The van der Waals surface area contributed by atoms with Crippen molar-refractivity contribution in [1.82, 2.24) is 34.8 Å². The van der Waals surface area contributed by atoms with E-state index in [2.05, 4.69) is 60.8 Å². The minimum absolute atomic E-state index is 0.00733. The van der Waals surface area contributed by atoms with E-state index in [4.69, 9.17) is 24.9 Å². The Balaban J connectivity index is 0.834. The van der Waals surface area contributed by atoms with Crippen molar-refractivity contribution < 1.29 is 19.4 Å². The van der Waals surface area contributed by atoms with E-state index in [0.29, 0.717) is 35.3 Å². The first-order valence-electron chi connectivity index (χ1n) is 25.5. The Labute approximate surface area is 406 Å². The zero-order valence-electron chi connectivity index (χ0n) is 41.5. The molecule has 14 heteroatoms. The van der Waals surface area contributed by atoms with Crippen LogP contribution in [-0.4, -0.2) is 90.6 Å². The van der Waals surface area contributed by atoms with E-state index in [1.807, 2.05) is 41.4 Å². The lowest BCUT2D eigenvalue weighted by Crippen LogP contribution is -2.64. The predicted octanol–water partition coefficient (Wildman–Crippen LogP) is 12.0. The fraction of sp³-hybridized carbons (Fsp3) is 0.611. The smallest absolute Gasteiger partial charge is 0.355 e. The number of Topliss-reactive ketones (excluding diaryl/α,β-unsaturated/α-hetero) is 1. The van der Waals surface area contributed by atoms with Gasteiger partial charge in [0, 0.05) is 54.0 Å². The molecule has 1 aliphatic heterocycles. The van der Waals surface area contributed by atoms with E-state index in [9.17, 15) is 14.7 Å². The third-order valence-corrected chi connectivity index (χ3v) is 16.7. The molecule has 364 valence electrons. The van der Waals surface area contributed by atoms with Crippen LogP contribution in [0.4, 0.5) is 22.6 Å². The molecule has 1 aromatic carbocycles. The topological polar surface area (TPSA) is 151 Å². The van der Waals surface area contributed by atoms with Gasteiger partial charge in [-0.1, -0.05) is 82.3 Å². The van der Waals surface area contributed by atoms with Crippen LogP contribution in [0.3, 0.4) is 0 Å². The van der Waals surface area contributed by atoms with E-state index >= 15 is 0 Å². The van der Waals surface area contributed by atoms with Crippen LogP contribution in [0.25, 0.3) is 21.3 Å². The number of carbonyl (C=O) groups is 2. The van der Waals surface area contributed by atoms with Gasteiger partial charge in [-0.15, -0.1) is 10.2 Å². The SMILES string of the molecule is CC(=O)CCCCCCCCCCCN(C)CCOC12CC3(C)CC(C)(CC(Cn4ncc(-c5ccc(N6CCCc7c6nnc(Nc6nc8ccccc8s6)c7C)nc5C(=O)O)c4C)(C3)C1)C2. The normalized spacial score (nSPS) is 24.0. The zero-order valence-corrected chi connectivity index (χ0v) is 42.3. The van der Waals surface area contributed by atoms with Crippen molar-refractivity contribution in [1.29, 1.82) is 0 Å². The summed E-state index contributed by atoms with van der Waals surface area (Å²) < 4.78 is 10.4. The van der Waals surface area contributed by atoms with Crippen molar-refractivity contribution in [3.05, 3.63) is 65.1 Å². The van der Waals surface area contributed by atoms with Gasteiger partial charge in [0.1, 0.15) is 11.6 Å². The molecule has 0 saturated heterocycles. The van der Waals surface area contributed by atoms with E-state index in [0.717, 1.165) is 122 Å². The van der Waals surface area contributed by atoms with Crippen molar-refractivity contribution in [2.75, 3.05) is 43.5 Å². The number of aromatic carboxylic acids is 1. The molecular weight excluding hydrogens is 871 g/mol. The molecule has 4 aromatic heterocycles. The summed E-state index contributed by atoms with van der Waals surface area (Å²) in [6.07, 6.45) is 22.3. The number of nitrogens with one attached hydrogen (secondary N) is 1. The van der Waals surface area contributed by atoms with Gasteiger partial charge in [-0.05, 0) is 139 Å². The largest absolute Gasteiger partial charge is 0.476 e. The van der Waals surface area contributed by atoms with Crippen molar-refractivity contribution in [2.24, 2.45) is 16.2 Å². The number of thiazole rings is 1. The summed E-state index contributed by atoms with van der Waals surface area (Å²) in [5, 5.41) is 29.1. The van der Waals surface area contributed by atoms with Gasteiger partial charge in [-0.25, -0.2) is 14.8 Å². The number of ether oxygens (including phenoxy) is 1. The van der Waals surface area contributed by atoms with Crippen molar-refractivity contribution in [3.8, 4) is 11.1 Å². The molecule has 5 aromatic rings. The number of hydrogen-bond donors (Lipinski definition) is 2. The number of hydrogen-bond acceptors (Lipinski definition) is 12. The second kappa shape index (κ2) is 19.9. The number of rotatable bonds is 23. The van der Waals surface area contributed by atoms with Crippen LogP contribution in [0, 0.1) is 30.1 Å². The van der Waals surface area contributed by atoms with Crippen LogP contribution in [0.5, 0.6) is 0 Å². The fourth-order valence-electron chi connectivity index (χ4n) is 13.8. The van der Waals surface area contributed by atoms with Crippen LogP contribution in [0.1, 0.15) is 157 Å². The van der Waals surface area contributed by atoms with E-state index in [1.54, 1.807) is 18.3 Å². The molecule has 0 radical (unpaired) electrons. The molecule has 4 bridgehead atoms. The maximum atomic E-state index is 13.0. The number of carboxylic acid groups (broad SMARTS) is 1. The summed E-state index contributed by atoms with van der Waals surface area (Å²) in [4.78, 5) is 38.2. The Bertz CT molecular complexity index is 2570. The van der Waals surface area contributed by atoms with Crippen LogP contribution in [0.15, 0.2) is 42.6 Å². The second-order valence-corrected chi connectivity index (χ2v) is 23.2. The van der Waals surface area contributed by atoms with Gasteiger partial charge < -0.3 is 29.8 Å². The van der Waals surface area contributed by atoms with Crippen molar-refractivity contribution in [2.45, 2.75) is 162 Å². The summed E-state index contributed by atoms with van der Waals surface area (Å²) in [7, 11) is 2.24. The lowest BCUT2D eigenvalue weighted by molar-refractivity contribution is -0.248. The molecule has 2 unspecified atom stereocenters. The number of aromatic nitrogens is 6. The highest BCUT2D eigenvalue weighted by molar-refractivity contribution is 7.22. The maximum absolute atomic E-state index is 13.0. The molecule has 4 aliphatic carbocycles. The minimum atomic E-state index is -1.07. The molecule has 2 N–H and O–H groups in total. The van der Waals surface area contributed by atoms with Crippen molar-refractivity contribution in [3.63, 3.8) is 0 Å². The quantitative estimate of drug-likeness (QED) is 0.0600. The van der Waals surface area contributed by atoms with Gasteiger partial charge in [0.15, 0.2) is 22.5 Å². The number of carbonyl (C=O) groups excluding carboxylic acids is 1. The van der Waals surface area contributed by atoms with Gasteiger partial charge in [-0.2, -0.15) is 5.10 Å². The van der Waals surface area contributed by atoms with Crippen molar-refractivity contribution >= 4 is 55.9 Å². The number of nitrogens with zero attached hydrogens (tertiary/aromatic N) is 8.